The third-order valence-corrected chi connectivity index (χ3v) is 6.41. The van der Waals surface area contributed by atoms with Gasteiger partial charge in [0.25, 0.3) is 0 Å². The fourth-order valence-electron chi connectivity index (χ4n) is 4.93. The van der Waals surface area contributed by atoms with E-state index in [9.17, 15) is 5.11 Å². The van der Waals surface area contributed by atoms with Gasteiger partial charge in [0.15, 0.2) is 0 Å². The van der Waals surface area contributed by atoms with Crippen molar-refractivity contribution in [3.05, 3.63) is 0 Å². The number of rotatable bonds is 3. The van der Waals surface area contributed by atoms with E-state index >= 15 is 0 Å². The highest BCUT2D eigenvalue weighted by molar-refractivity contribution is 5.00. The van der Waals surface area contributed by atoms with Gasteiger partial charge in [-0.05, 0) is 61.2 Å². The average Bonchev–Trinajstić information content (AvgIpc) is 2.33. The molecule has 2 rings (SSSR count). The number of hydrogen-bond donors (Lipinski definition) is 1. The molecule has 1 nitrogen and oxygen atoms in total. The van der Waals surface area contributed by atoms with Gasteiger partial charge >= 0.3 is 0 Å². The highest BCUT2D eigenvalue weighted by Gasteiger charge is 2.50. The summed E-state index contributed by atoms with van der Waals surface area (Å²) in [4.78, 5) is 0. The molecule has 2 saturated carbocycles. The molecule has 0 amide bonds. The van der Waals surface area contributed by atoms with Crippen LogP contribution < -0.4 is 0 Å². The number of aliphatic hydroxyl groups excluding tert-OH is 1. The molecule has 0 aromatic heterocycles. The minimum absolute atomic E-state index is 0.0180. The zero-order chi connectivity index (χ0) is 13.3. The van der Waals surface area contributed by atoms with Crippen LogP contribution in [0.4, 0.5) is 0 Å². The minimum Gasteiger partial charge on any atom is -0.393 e. The lowest BCUT2D eigenvalue weighted by Gasteiger charge is -2.56. The maximum atomic E-state index is 9.98. The Morgan fingerprint density at radius 2 is 1.94 bits per heavy atom. The summed E-state index contributed by atoms with van der Waals surface area (Å²) in [7, 11) is 0. The second-order valence-corrected chi connectivity index (χ2v) is 7.45. The Balaban J connectivity index is 2.17. The van der Waals surface area contributed by atoms with E-state index in [0.29, 0.717) is 5.41 Å². The summed E-state index contributed by atoms with van der Waals surface area (Å²) >= 11 is 0. The van der Waals surface area contributed by atoms with Gasteiger partial charge in [-0.2, -0.15) is 0 Å². The highest BCUT2D eigenvalue weighted by atomic mass is 16.3. The van der Waals surface area contributed by atoms with Gasteiger partial charge < -0.3 is 5.11 Å². The van der Waals surface area contributed by atoms with E-state index in [4.69, 9.17) is 0 Å². The molecule has 0 aromatic rings. The number of unbranched alkanes of at least 4 members (excludes halogenated alkanes) is 1. The smallest absolute Gasteiger partial charge is 0.0543 e. The number of aliphatic hydroxyl groups is 1. The Kier molecular flexibility index (Phi) is 4.41. The summed E-state index contributed by atoms with van der Waals surface area (Å²) in [5.41, 5.74) is 0.514. The lowest BCUT2D eigenvalue weighted by atomic mass is 9.49. The molecule has 2 aliphatic rings. The van der Waals surface area contributed by atoms with E-state index in [0.717, 1.165) is 36.5 Å². The number of fused-ring (bicyclic) bond motifs is 1. The molecule has 18 heavy (non-hydrogen) atoms. The van der Waals surface area contributed by atoms with Crippen molar-refractivity contribution in [2.24, 2.45) is 29.1 Å². The van der Waals surface area contributed by atoms with Crippen LogP contribution in [0.25, 0.3) is 0 Å². The number of hydrogen-bond acceptors (Lipinski definition) is 1. The standard InChI is InChI=1S/C17H32O/c1-5-6-7-16-13(3)12(2)10-14-11-15(18)8-9-17(14,16)4/h12-16,18H,5-11H2,1-4H3. The Labute approximate surface area is 113 Å². The van der Waals surface area contributed by atoms with Crippen molar-refractivity contribution in [2.75, 3.05) is 0 Å². The van der Waals surface area contributed by atoms with Crippen LogP contribution in [0, 0.1) is 29.1 Å². The summed E-state index contributed by atoms with van der Waals surface area (Å²) in [5.74, 6) is 3.37. The molecule has 0 radical (unpaired) electrons. The molecule has 106 valence electrons. The molecule has 1 N–H and O–H groups in total. The molecule has 0 saturated heterocycles. The first-order valence-corrected chi connectivity index (χ1v) is 8.17. The van der Waals surface area contributed by atoms with Gasteiger partial charge in [0.2, 0.25) is 0 Å². The molecule has 0 heterocycles. The normalized spacial score (nSPS) is 48.8. The van der Waals surface area contributed by atoms with Crippen LogP contribution in [0.5, 0.6) is 0 Å². The van der Waals surface area contributed by atoms with E-state index in [-0.39, 0.29) is 6.10 Å². The molecular weight excluding hydrogens is 220 g/mol. The molecule has 2 aliphatic carbocycles. The molecule has 0 aromatic carbocycles. The van der Waals surface area contributed by atoms with Crippen LogP contribution in [-0.4, -0.2) is 11.2 Å². The first kappa shape index (κ1) is 14.4. The molecule has 0 spiro atoms. The third-order valence-electron chi connectivity index (χ3n) is 6.41. The molecule has 0 bridgehead atoms. The summed E-state index contributed by atoms with van der Waals surface area (Å²) in [6.45, 7) is 9.76. The van der Waals surface area contributed by atoms with Crippen LogP contribution in [0.1, 0.15) is 72.6 Å². The molecule has 1 heteroatoms. The van der Waals surface area contributed by atoms with Gasteiger partial charge in [-0.15, -0.1) is 0 Å². The van der Waals surface area contributed by atoms with Crippen molar-refractivity contribution >= 4 is 0 Å². The lowest BCUT2D eigenvalue weighted by Crippen LogP contribution is -2.49. The topological polar surface area (TPSA) is 20.2 Å². The molecule has 6 unspecified atom stereocenters. The first-order valence-electron chi connectivity index (χ1n) is 8.17. The first-order chi connectivity index (χ1) is 8.49. The second kappa shape index (κ2) is 5.53. The third kappa shape index (κ3) is 2.48. The Hall–Kier alpha value is -0.0400. The summed E-state index contributed by atoms with van der Waals surface area (Å²) in [6, 6.07) is 0. The Bertz CT molecular complexity index is 275. The van der Waals surface area contributed by atoms with E-state index in [1.165, 1.54) is 32.1 Å². The van der Waals surface area contributed by atoms with Gasteiger partial charge in [-0.25, -0.2) is 0 Å². The molecular formula is C17H32O. The Morgan fingerprint density at radius 1 is 1.22 bits per heavy atom. The van der Waals surface area contributed by atoms with Crippen LogP contribution in [0.3, 0.4) is 0 Å². The zero-order valence-electron chi connectivity index (χ0n) is 12.8. The van der Waals surface area contributed by atoms with Crippen LogP contribution in [-0.2, 0) is 0 Å². The maximum absolute atomic E-state index is 9.98. The average molecular weight is 252 g/mol. The second-order valence-electron chi connectivity index (χ2n) is 7.45. The summed E-state index contributed by atoms with van der Waals surface area (Å²) in [5, 5.41) is 9.98. The SMILES string of the molecule is CCCCC1C(C)C(C)CC2CC(O)CCC21C. The van der Waals surface area contributed by atoms with Gasteiger partial charge in [0.1, 0.15) is 0 Å². The van der Waals surface area contributed by atoms with Crippen molar-refractivity contribution in [1.29, 1.82) is 0 Å². The van der Waals surface area contributed by atoms with Gasteiger partial charge in [0, 0.05) is 0 Å². The quantitative estimate of drug-likeness (QED) is 0.776. The van der Waals surface area contributed by atoms with Crippen LogP contribution >= 0.6 is 0 Å². The summed E-state index contributed by atoms with van der Waals surface area (Å²) in [6.07, 6.45) is 8.79. The minimum atomic E-state index is -0.0180. The van der Waals surface area contributed by atoms with Gasteiger partial charge in [0.05, 0.1) is 6.10 Å². The maximum Gasteiger partial charge on any atom is 0.0543 e. The van der Waals surface area contributed by atoms with Crippen molar-refractivity contribution in [2.45, 2.75) is 78.7 Å². The van der Waals surface area contributed by atoms with Gasteiger partial charge in [-0.3, -0.25) is 0 Å². The summed E-state index contributed by atoms with van der Waals surface area (Å²) < 4.78 is 0. The fourth-order valence-corrected chi connectivity index (χ4v) is 4.93. The van der Waals surface area contributed by atoms with Crippen molar-refractivity contribution < 1.29 is 5.11 Å². The molecule has 6 atom stereocenters. The molecule has 2 fully saturated rings. The van der Waals surface area contributed by atoms with Crippen molar-refractivity contribution in [1.82, 2.24) is 0 Å². The van der Waals surface area contributed by atoms with Gasteiger partial charge in [-0.1, -0.05) is 40.5 Å². The van der Waals surface area contributed by atoms with Crippen molar-refractivity contribution in [3.8, 4) is 0 Å². The monoisotopic (exact) mass is 252 g/mol. The lowest BCUT2D eigenvalue weighted by molar-refractivity contribution is -0.0899. The zero-order valence-corrected chi connectivity index (χ0v) is 12.8. The predicted octanol–water partition coefficient (Wildman–Crippen LogP) is 4.64. The highest BCUT2D eigenvalue weighted by Crippen LogP contribution is 2.58. The van der Waals surface area contributed by atoms with Crippen LogP contribution in [0.15, 0.2) is 0 Å². The van der Waals surface area contributed by atoms with E-state index in [2.05, 4.69) is 27.7 Å². The fraction of sp³-hybridized carbons (Fsp3) is 1.00. The van der Waals surface area contributed by atoms with E-state index < -0.39 is 0 Å². The predicted molar refractivity (Wildman–Crippen MR) is 77.4 cm³/mol. The Morgan fingerprint density at radius 3 is 2.61 bits per heavy atom. The van der Waals surface area contributed by atoms with E-state index in [1.54, 1.807) is 0 Å². The van der Waals surface area contributed by atoms with E-state index in [1.807, 2.05) is 0 Å². The van der Waals surface area contributed by atoms with Crippen LogP contribution in [0.2, 0.25) is 0 Å². The van der Waals surface area contributed by atoms with Crippen molar-refractivity contribution in [3.63, 3.8) is 0 Å². The largest absolute Gasteiger partial charge is 0.393 e. The molecule has 0 aliphatic heterocycles.